The van der Waals surface area contributed by atoms with Gasteiger partial charge in [0.25, 0.3) is 0 Å². The fraction of sp³-hybridized carbons (Fsp3) is 0.118. The number of benzene rings is 1. The van der Waals surface area contributed by atoms with Gasteiger partial charge in [-0.25, -0.2) is 13.9 Å². The average Bonchev–Trinajstić information content (AvgIpc) is 2.95. The van der Waals surface area contributed by atoms with Gasteiger partial charge in [-0.3, -0.25) is 4.98 Å². The smallest absolute Gasteiger partial charge is 0.407 e. The highest BCUT2D eigenvalue weighted by Crippen LogP contribution is 2.20. The fourth-order valence-electron chi connectivity index (χ4n) is 2.15. The number of rotatable bonds is 4. The molecule has 1 aromatic carbocycles. The molecule has 0 radical (unpaired) electrons. The zero-order valence-electron chi connectivity index (χ0n) is 12.9. The van der Waals surface area contributed by atoms with Gasteiger partial charge in [0.1, 0.15) is 5.82 Å². The van der Waals surface area contributed by atoms with Crippen molar-refractivity contribution in [3.63, 3.8) is 0 Å². The molecular formula is C17H15FN4O2. The number of hydrogen-bond donors (Lipinski definition) is 1. The van der Waals surface area contributed by atoms with E-state index in [1.54, 1.807) is 42.2 Å². The highest BCUT2D eigenvalue weighted by atomic mass is 19.1. The molecule has 0 aliphatic carbocycles. The number of halogens is 1. The topological polar surface area (TPSA) is 69.0 Å². The summed E-state index contributed by atoms with van der Waals surface area (Å²) in [5.74, 6) is 0.0119. The Balaban J connectivity index is 1.65. The van der Waals surface area contributed by atoms with Crippen molar-refractivity contribution in [3.05, 3.63) is 72.1 Å². The minimum atomic E-state index is -0.583. The summed E-state index contributed by atoms with van der Waals surface area (Å²) in [7, 11) is 0. The minimum Gasteiger partial charge on any atom is -0.407 e. The molecule has 0 aliphatic heterocycles. The van der Waals surface area contributed by atoms with Crippen LogP contribution < -0.4 is 10.1 Å². The number of amides is 1. The summed E-state index contributed by atoms with van der Waals surface area (Å²) < 4.78 is 19.8. The molecule has 0 atom stereocenters. The maximum absolute atomic E-state index is 13.0. The van der Waals surface area contributed by atoms with Gasteiger partial charge >= 0.3 is 6.09 Å². The standard InChI is InChI=1S/C17H15FN4O2/c1-12-16(11-21-22(12)15-6-4-14(18)5-7-15)24-17(23)20-10-13-3-2-8-19-9-13/h2-9,11H,10H2,1H3,(H,20,23). The van der Waals surface area contributed by atoms with E-state index in [1.807, 2.05) is 6.07 Å². The lowest BCUT2D eigenvalue weighted by Gasteiger charge is -2.07. The van der Waals surface area contributed by atoms with E-state index in [0.717, 1.165) is 5.56 Å². The molecule has 2 heterocycles. The summed E-state index contributed by atoms with van der Waals surface area (Å²) >= 11 is 0. The quantitative estimate of drug-likeness (QED) is 0.800. The molecule has 2 aromatic heterocycles. The van der Waals surface area contributed by atoms with Crippen LogP contribution in [0, 0.1) is 12.7 Å². The predicted molar refractivity (Wildman–Crippen MR) is 85.4 cm³/mol. The molecular weight excluding hydrogens is 311 g/mol. The maximum Gasteiger partial charge on any atom is 0.412 e. The first-order chi connectivity index (χ1) is 11.6. The molecule has 7 heteroatoms. The lowest BCUT2D eigenvalue weighted by Crippen LogP contribution is -2.26. The van der Waals surface area contributed by atoms with E-state index in [9.17, 15) is 9.18 Å². The van der Waals surface area contributed by atoms with E-state index in [4.69, 9.17) is 4.74 Å². The Labute approximate surface area is 137 Å². The summed E-state index contributed by atoms with van der Waals surface area (Å²) in [6.07, 6.45) is 4.19. The van der Waals surface area contributed by atoms with Gasteiger partial charge in [-0.1, -0.05) is 6.07 Å². The molecule has 3 aromatic rings. The Hall–Kier alpha value is -3.22. The third kappa shape index (κ3) is 3.57. The highest BCUT2D eigenvalue weighted by molar-refractivity contribution is 5.70. The van der Waals surface area contributed by atoms with Gasteiger partial charge < -0.3 is 10.1 Å². The average molecular weight is 326 g/mol. The maximum atomic E-state index is 13.0. The van der Waals surface area contributed by atoms with Gasteiger partial charge in [0.15, 0.2) is 5.75 Å². The van der Waals surface area contributed by atoms with Crippen molar-refractivity contribution < 1.29 is 13.9 Å². The normalized spacial score (nSPS) is 10.4. The fourth-order valence-corrected chi connectivity index (χ4v) is 2.15. The van der Waals surface area contributed by atoms with Gasteiger partial charge in [0.2, 0.25) is 0 Å². The number of aromatic nitrogens is 3. The molecule has 0 aliphatic rings. The van der Waals surface area contributed by atoms with Crippen LogP contribution in [0.15, 0.2) is 55.0 Å². The van der Waals surface area contributed by atoms with Gasteiger partial charge in [0, 0.05) is 18.9 Å². The zero-order chi connectivity index (χ0) is 16.9. The summed E-state index contributed by atoms with van der Waals surface area (Å²) in [6.45, 7) is 2.08. The van der Waals surface area contributed by atoms with Crippen molar-refractivity contribution in [1.29, 1.82) is 0 Å². The minimum absolute atomic E-state index is 0.317. The van der Waals surface area contributed by atoms with E-state index in [2.05, 4.69) is 15.4 Å². The van der Waals surface area contributed by atoms with Crippen LogP contribution in [0.25, 0.3) is 5.69 Å². The molecule has 1 N–H and O–H groups in total. The molecule has 122 valence electrons. The summed E-state index contributed by atoms with van der Waals surface area (Å²) in [5, 5.41) is 6.81. The first-order valence-electron chi connectivity index (χ1n) is 7.28. The van der Waals surface area contributed by atoms with Crippen molar-refractivity contribution in [2.45, 2.75) is 13.5 Å². The van der Waals surface area contributed by atoms with Gasteiger partial charge in [-0.05, 0) is 42.8 Å². The second-order valence-corrected chi connectivity index (χ2v) is 5.09. The van der Waals surface area contributed by atoms with Crippen molar-refractivity contribution in [2.75, 3.05) is 0 Å². The van der Waals surface area contributed by atoms with Crippen LogP contribution in [0.3, 0.4) is 0 Å². The molecule has 0 saturated heterocycles. The van der Waals surface area contributed by atoms with Crippen LogP contribution in [0.4, 0.5) is 9.18 Å². The van der Waals surface area contributed by atoms with E-state index in [0.29, 0.717) is 23.7 Å². The SMILES string of the molecule is Cc1c(OC(=O)NCc2cccnc2)cnn1-c1ccc(F)cc1. The van der Waals surface area contributed by atoms with Crippen LogP contribution in [-0.2, 0) is 6.54 Å². The van der Waals surface area contributed by atoms with Crippen LogP contribution >= 0.6 is 0 Å². The summed E-state index contributed by atoms with van der Waals surface area (Å²) in [5.41, 5.74) is 2.19. The molecule has 0 spiro atoms. The number of hydrogen-bond acceptors (Lipinski definition) is 4. The highest BCUT2D eigenvalue weighted by Gasteiger charge is 2.13. The molecule has 3 rings (SSSR count). The van der Waals surface area contributed by atoms with Crippen LogP contribution in [0.1, 0.15) is 11.3 Å². The van der Waals surface area contributed by atoms with Crippen molar-refractivity contribution in [3.8, 4) is 11.4 Å². The van der Waals surface area contributed by atoms with Crippen LogP contribution in [0.5, 0.6) is 5.75 Å². The van der Waals surface area contributed by atoms with Crippen molar-refractivity contribution in [2.24, 2.45) is 0 Å². The van der Waals surface area contributed by atoms with Crippen molar-refractivity contribution >= 4 is 6.09 Å². The van der Waals surface area contributed by atoms with Gasteiger partial charge in [-0.15, -0.1) is 0 Å². The molecule has 0 bridgehead atoms. The Morgan fingerprint density at radius 2 is 2.04 bits per heavy atom. The monoisotopic (exact) mass is 326 g/mol. The van der Waals surface area contributed by atoms with Gasteiger partial charge in [0.05, 0.1) is 17.6 Å². The molecule has 24 heavy (non-hydrogen) atoms. The van der Waals surface area contributed by atoms with E-state index >= 15 is 0 Å². The molecule has 0 saturated carbocycles. The number of carbonyl (C=O) groups excluding carboxylic acids is 1. The largest absolute Gasteiger partial charge is 0.412 e. The Morgan fingerprint density at radius 1 is 1.25 bits per heavy atom. The van der Waals surface area contributed by atoms with E-state index in [1.165, 1.54) is 18.3 Å². The van der Waals surface area contributed by atoms with Crippen molar-refractivity contribution in [1.82, 2.24) is 20.1 Å². The molecule has 0 fully saturated rings. The first-order valence-corrected chi connectivity index (χ1v) is 7.28. The number of nitrogens with zero attached hydrogens (tertiary/aromatic N) is 3. The zero-order valence-corrected chi connectivity index (χ0v) is 12.9. The number of carbonyl (C=O) groups is 1. The lowest BCUT2D eigenvalue weighted by molar-refractivity contribution is 0.199. The predicted octanol–water partition coefficient (Wildman–Crippen LogP) is 3.00. The second-order valence-electron chi connectivity index (χ2n) is 5.09. The second kappa shape index (κ2) is 6.91. The number of ether oxygens (including phenoxy) is 1. The summed E-state index contributed by atoms with van der Waals surface area (Å²) in [6, 6.07) is 9.53. The third-order valence-electron chi connectivity index (χ3n) is 3.40. The molecule has 6 nitrogen and oxygen atoms in total. The number of nitrogens with one attached hydrogen (secondary N) is 1. The van der Waals surface area contributed by atoms with E-state index in [-0.39, 0.29) is 5.82 Å². The summed E-state index contributed by atoms with van der Waals surface area (Å²) in [4.78, 5) is 15.9. The Bertz CT molecular complexity index is 832. The van der Waals surface area contributed by atoms with Crippen LogP contribution in [-0.4, -0.2) is 20.9 Å². The van der Waals surface area contributed by atoms with Gasteiger partial charge in [-0.2, -0.15) is 5.10 Å². The molecule has 1 amide bonds. The first kappa shape index (κ1) is 15.7. The molecule has 0 unspecified atom stereocenters. The van der Waals surface area contributed by atoms with E-state index < -0.39 is 6.09 Å². The lowest BCUT2D eigenvalue weighted by atomic mass is 10.3. The Kier molecular flexibility index (Phi) is 4.51. The third-order valence-corrected chi connectivity index (χ3v) is 3.40. The number of pyridine rings is 1. The van der Waals surface area contributed by atoms with Crippen LogP contribution in [0.2, 0.25) is 0 Å². The Morgan fingerprint density at radius 3 is 2.75 bits per heavy atom.